The molecular formula is C25H26N6OS. The normalized spacial score (nSPS) is 13.8. The zero-order valence-corrected chi connectivity index (χ0v) is 19.2. The number of hydrogen-bond acceptors (Lipinski definition) is 6. The Morgan fingerprint density at radius 3 is 2.45 bits per heavy atom. The van der Waals surface area contributed by atoms with Gasteiger partial charge in [0, 0.05) is 24.2 Å². The fourth-order valence-electron chi connectivity index (χ4n) is 4.03. The summed E-state index contributed by atoms with van der Waals surface area (Å²) < 4.78 is 1.70. The van der Waals surface area contributed by atoms with E-state index in [1.54, 1.807) is 27.1 Å². The Balaban J connectivity index is 1.36. The van der Waals surface area contributed by atoms with Gasteiger partial charge in [-0.15, -0.1) is 16.4 Å². The highest BCUT2D eigenvalue weighted by Gasteiger charge is 2.23. The molecule has 0 atom stereocenters. The van der Waals surface area contributed by atoms with Crippen LogP contribution in [-0.4, -0.2) is 39.0 Å². The highest BCUT2D eigenvalue weighted by Crippen LogP contribution is 2.26. The van der Waals surface area contributed by atoms with Crippen molar-refractivity contribution in [1.29, 1.82) is 0 Å². The van der Waals surface area contributed by atoms with Crippen LogP contribution in [0.25, 0.3) is 0 Å². The minimum atomic E-state index is -0.187. The van der Waals surface area contributed by atoms with Crippen LogP contribution in [0, 0.1) is 0 Å². The lowest BCUT2D eigenvalue weighted by Gasteiger charge is -2.26. The number of amides is 1. The van der Waals surface area contributed by atoms with Crippen molar-refractivity contribution in [2.75, 3.05) is 22.9 Å². The maximum absolute atomic E-state index is 13.5. The van der Waals surface area contributed by atoms with Crippen LogP contribution in [0.15, 0.2) is 72.2 Å². The van der Waals surface area contributed by atoms with E-state index in [1.807, 2.05) is 60.7 Å². The van der Waals surface area contributed by atoms with Gasteiger partial charge in [-0.2, -0.15) is 0 Å². The molecule has 168 valence electrons. The number of nitrogens with zero attached hydrogens (tertiary/aromatic N) is 6. The monoisotopic (exact) mass is 458 g/mol. The summed E-state index contributed by atoms with van der Waals surface area (Å²) in [5.41, 5.74) is 3.12. The van der Waals surface area contributed by atoms with E-state index in [-0.39, 0.29) is 5.91 Å². The zero-order valence-electron chi connectivity index (χ0n) is 18.4. The van der Waals surface area contributed by atoms with Crippen molar-refractivity contribution in [1.82, 2.24) is 20.0 Å². The second kappa shape index (κ2) is 9.95. The quantitative estimate of drug-likeness (QED) is 0.404. The topological polar surface area (TPSA) is 67.2 Å². The first-order valence-corrected chi connectivity index (χ1v) is 12.1. The van der Waals surface area contributed by atoms with Crippen molar-refractivity contribution in [2.45, 2.75) is 32.4 Å². The summed E-state index contributed by atoms with van der Waals surface area (Å²) in [5.74, 6) is -0.187. The Hall–Kier alpha value is -3.52. The molecule has 0 radical (unpaired) electrons. The summed E-state index contributed by atoms with van der Waals surface area (Å²) in [6.07, 6.45) is 5.42. The minimum Gasteiger partial charge on any atom is -0.348 e. The van der Waals surface area contributed by atoms with Crippen LogP contribution in [0.3, 0.4) is 0 Å². The summed E-state index contributed by atoms with van der Waals surface area (Å²) in [4.78, 5) is 22.4. The molecule has 2 aromatic heterocycles. The molecule has 0 bridgehead atoms. The molecule has 7 nitrogen and oxygen atoms in total. The molecule has 1 aliphatic rings. The van der Waals surface area contributed by atoms with E-state index in [9.17, 15) is 4.79 Å². The van der Waals surface area contributed by atoms with E-state index in [1.165, 1.54) is 19.3 Å². The Morgan fingerprint density at radius 2 is 1.70 bits per heavy atom. The molecule has 0 N–H and O–H groups in total. The summed E-state index contributed by atoms with van der Waals surface area (Å²) in [7, 11) is 0. The smallest absolute Gasteiger partial charge is 0.280 e. The maximum atomic E-state index is 13.5. The van der Waals surface area contributed by atoms with Crippen LogP contribution in [0.4, 0.5) is 10.8 Å². The third-order valence-electron chi connectivity index (χ3n) is 5.74. The number of para-hydroxylation sites is 1. The van der Waals surface area contributed by atoms with Gasteiger partial charge >= 0.3 is 0 Å². The van der Waals surface area contributed by atoms with Crippen molar-refractivity contribution in [3.8, 4) is 0 Å². The number of rotatable bonds is 7. The number of aromatic nitrogens is 4. The van der Waals surface area contributed by atoms with E-state index in [0.717, 1.165) is 35.2 Å². The van der Waals surface area contributed by atoms with Gasteiger partial charge in [0.1, 0.15) is 0 Å². The zero-order chi connectivity index (χ0) is 22.5. The fraction of sp³-hybridized carbons (Fsp3) is 0.280. The van der Waals surface area contributed by atoms with Crippen LogP contribution in [0.1, 0.15) is 41.0 Å². The molecule has 1 fully saturated rings. The average Bonchev–Trinajstić information content (AvgIpc) is 3.54. The van der Waals surface area contributed by atoms with Gasteiger partial charge in [-0.25, -0.2) is 9.67 Å². The molecular weight excluding hydrogens is 432 g/mol. The summed E-state index contributed by atoms with van der Waals surface area (Å²) in [6, 6.07) is 19.7. The van der Waals surface area contributed by atoms with Gasteiger partial charge in [-0.1, -0.05) is 53.7 Å². The second-order valence-corrected chi connectivity index (χ2v) is 9.02. The van der Waals surface area contributed by atoms with Crippen molar-refractivity contribution < 1.29 is 4.79 Å². The number of piperidine rings is 1. The van der Waals surface area contributed by atoms with E-state index < -0.39 is 0 Å². The van der Waals surface area contributed by atoms with Crippen LogP contribution in [0.5, 0.6) is 0 Å². The van der Waals surface area contributed by atoms with E-state index in [4.69, 9.17) is 4.98 Å². The maximum Gasteiger partial charge on any atom is 0.280 e. The fourth-order valence-corrected chi connectivity index (χ4v) is 4.90. The first kappa shape index (κ1) is 21.3. The van der Waals surface area contributed by atoms with Crippen molar-refractivity contribution >= 4 is 28.1 Å². The van der Waals surface area contributed by atoms with Crippen LogP contribution >= 0.6 is 11.3 Å². The van der Waals surface area contributed by atoms with Gasteiger partial charge in [-0.05, 0) is 37.0 Å². The first-order chi connectivity index (χ1) is 16.3. The molecule has 5 rings (SSSR count). The van der Waals surface area contributed by atoms with E-state index in [0.29, 0.717) is 18.8 Å². The molecule has 0 aliphatic carbocycles. The van der Waals surface area contributed by atoms with Gasteiger partial charge in [-0.3, -0.25) is 4.79 Å². The van der Waals surface area contributed by atoms with Crippen molar-refractivity contribution in [2.24, 2.45) is 0 Å². The molecule has 1 amide bonds. The van der Waals surface area contributed by atoms with Gasteiger partial charge in [0.25, 0.3) is 5.91 Å². The van der Waals surface area contributed by atoms with Crippen molar-refractivity contribution in [3.05, 3.63) is 89.2 Å². The predicted molar refractivity (Wildman–Crippen MR) is 131 cm³/mol. The highest BCUT2D eigenvalue weighted by molar-refractivity contribution is 7.13. The molecule has 0 unspecified atom stereocenters. The number of hydrogen-bond donors (Lipinski definition) is 0. The molecule has 0 spiro atoms. The largest absolute Gasteiger partial charge is 0.348 e. The SMILES string of the molecule is O=C(c1cn(Cc2ccccc2)nn1)N(Cc1csc(N2CCCCC2)n1)c1ccccc1. The van der Waals surface area contributed by atoms with Gasteiger partial charge in [0.2, 0.25) is 0 Å². The second-order valence-electron chi connectivity index (χ2n) is 8.18. The average molecular weight is 459 g/mol. The number of carbonyl (C=O) groups excluding carboxylic acids is 1. The number of anilines is 2. The Morgan fingerprint density at radius 1 is 0.970 bits per heavy atom. The minimum absolute atomic E-state index is 0.187. The van der Waals surface area contributed by atoms with Gasteiger partial charge in [0.15, 0.2) is 10.8 Å². The van der Waals surface area contributed by atoms with Crippen LogP contribution < -0.4 is 9.80 Å². The molecule has 1 aliphatic heterocycles. The Bertz CT molecular complexity index is 1180. The van der Waals surface area contributed by atoms with E-state index in [2.05, 4.69) is 20.6 Å². The number of thiazole rings is 1. The lowest BCUT2D eigenvalue weighted by Crippen LogP contribution is -2.31. The van der Waals surface area contributed by atoms with E-state index >= 15 is 0 Å². The number of benzene rings is 2. The third kappa shape index (κ3) is 5.12. The van der Waals surface area contributed by atoms with Crippen LogP contribution in [-0.2, 0) is 13.1 Å². The standard InChI is InChI=1S/C25H26N6OS/c32-24(23-18-30(28-27-23)16-20-10-4-1-5-11-20)31(22-12-6-2-7-13-22)17-21-19-33-25(26-21)29-14-8-3-9-15-29/h1-2,4-7,10-13,18-19H,3,8-9,14-17H2. The third-order valence-corrected chi connectivity index (χ3v) is 6.69. The molecule has 2 aromatic carbocycles. The first-order valence-electron chi connectivity index (χ1n) is 11.3. The highest BCUT2D eigenvalue weighted by atomic mass is 32.1. The van der Waals surface area contributed by atoms with Crippen molar-refractivity contribution in [3.63, 3.8) is 0 Å². The lowest BCUT2D eigenvalue weighted by molar-refractivity contribution is 0.0980. The predicted octanol–water partition coefficient (Wildman–Crippen LogP) is 4.62. The molecule has 0 saturated carbocycles. The summed E-state index contributed by atoms with van der Waals surface area (Å²) >= 11 is 1.65. The van der Waals surface area contributed by atoms with Crippen LogP contribution in [0.2, 0.25) is 0 Å². The molecule has 33 heavy (non-hydrogen) atoms. The molecule has 8 heteroatoms. The Labute approximate surface area is 197 Å². The Kier molecular flexibility index (Phi) is 6.44. The number of carbonyl (C=O) groups is 1. The molecule has 3 heterocycles. The summed E-state index contributed by atoms with van der Waals surface area (Å²) in [6.45, 7) is 3.06. The van der Waals surface area contributed by atoms with Gasteiger partial charge in [0.05, 0.1) is 25.0 Å². The van der Waals surface area contributed by atoms with Gasteiger partial charge < -0.3 is 9.80 Å². The molecule has 1 saturated heterocycles. The lowest BCUT2D eigenvalue weighted by atomic mass is 10.1. The summed E-state index contributed by atoms with van der Waals surface area (Å²) in [5, 5.41) is 11.5. The molecule has 4 aromatic rings.